The Morgan fingerprint density at radius 1 is 0.677 bits per heavy atom. The van der Waals surface area contributed by atoms with Crippen LogP contribution in [0.3, 0.4) is 0 Å². The van der Waals surface area contributed by atoms with Crippen molar-refractivity contribution in [1.82, 2.24) is 15.5 Å². The molecule has 1 fully saturated rings. The third-order valence-corrected chi connectivity index (χ3v) is 6.44. The van der Waals surface area contributed by atoms with E-state index >= 15 is 0 Å². The zero-order chi connectivity index (χ0) is 23.0. The first-order chi connectivity index (χ1) is 14.8. The van der Waals surface area contributed by atoms with Crippen molar-refractivity contribution in [2.45, 2.75) is 148 Å². The van der Waals surface area contributed by atoms with E-state index in [2.05, 4.69) is 45.3 Å². The van der Waals surface area contributed by atoms with Crippen LogP contribution in [-0.2, 0) is 0 Å². The van der Waals surface area contributed by atoms with Crippen LogP contribution in [0.1, 0.15) is 137 Å². The summed E-state index contributed by atoms with van der Waals surface area (Å²) in [6, 6.07) is 0.101. The fourth-order valence-electron chi connectivity index (χ4n) is 5.13. The lowest BCUT2D eigenvalue weighted by molar-refractivity contribution is 0.0959. The molecular formula is C27H55N3O. The summed E-state index contributed by atoms with van der Waals surface area (Å²) in [4.78, 5) is 14.5. The molecule has 2 N–H and O–H groups in total. The average molecular weight is 438 g/mol. The van der Waals surface area contributed by atoms with Gasteiger partial charge in [0, 0.05) is 30.7 Å². The average Bonchev–Trinajstić information content (AvgIpc) is 2.67. The standard InChI is InChI=1S/C27H55N3O/c1-6-7-8-9-10-11-12-13-14-15-16-17-18-19-20-21-22-28-25(31)30-23-26(2,3)29-27(4,5)24-30/h29H,6-24H2,1-5H3,(H,28,31). The molecule has 0 bridgehead atoms. The van der Waals surface area contributed by atoms with Gasteiger partial charge in [0.05, 0.1) is 0 Å². The van der Waals surface area contributed by atoms with Crippen LogP contribution in [0.2, 0.25) is 0 Å². The van der Waals surface area contributed by atoms with Crippen LogP contribution in [0, 0.1) is 0 Å². The Bertz CT molecular complexity index is 445. The van der Waals surface area contributed by atoms with Crippen LogP contribution in [-0.4, -0.2) is 41.6 Å². The molecular weight excluding hydrogens is 382 g/mol. The fraction of sp³-hybridized carbons (Fsp3) is 0.963. The molecule has 184 valence electrons. The third-order valence-electron chi connectivity index (χ3n) is 6.44. The molecule has 0 spiro atoms. The predicted octanol–water partition coefficient (Wildman–Crippen LogP) is 7.42. The van der Waals surface area contributed by atoms with Crippen LogP contribution >= 0.6 is 0 Å². The minimum atomic E-state index is -0.0344. The molecule has 0 aliphatic carbocycles. The van der Waals surface area contributed by atoms with E-state index in [1.54, 1.807) is 0 Å². The minimum Gasteiger partial charge on any atom is -0.338 e. The second-order valence-electron chi connectivity index (χ2n) is 11.3. The van der Waals surface area contributed by atoms with E-state index in [1.165, 1.54) is 96.3 Å². The molecule has 0 saturated carbocycles. The van der Waals surface area contributed by atoms with Gasteiger partial charge in [0.25, 0.3) is 0 Å². The first kappa shape index (κ1) is 28.3. The topological polar surface area (TPSA) is 44.4 Å². The zero-order valence-corrected chi connectivity index (χ0v) is 21.8. The van der Waals surface area contributed by atoms with Crippen molar-refractivity contribution < 1.29 is 4.79 Å². The Labute approximate surface area is 194 Å². The van der Waals surface area contributed by atoms with Crippen LogP contribution < -0.4 is 10.6 Å². The SMILES string of the molecule is CCCCCCCCCCCCCCCCCCNC(=O)N1CC(C)(C)NC(C)(C)C1. The van der Waals surface area contributed by atoms with Crippen molar-refractivity contribution in [3.8, 4) is 0 Å². The first-order valence-corrected chi connectivity index (χ1v) is 13.6. The van der Waals surface area contributed by atoms with Crippen LogP contribution in [0.4, 0.5) is 4.79 Å². The van der Waals surface area contributed by atoms with E-state index in [1.807, 2.05) is 4.90 Å². The number of urea groups is 1. The van der Waals surface area contributed by atoms with Gasteiger partial charge in [-0.2, -0.15) is 0 Å². The molecule has 0 unspecified atom stereocenters. The number of unbranched alkanes of at least 4 members (excludes halogenated alkanes) is 15. The first-order valence-electron chi connectivity index (χ1n) is 13.6. The molecule has 1 aliphatic rings. The van der Waals surface area contributed by atoms with Crippen LogP contribution in [0.15, 0.2) is 0 Å². The Balaban J connectivity index is 1.88. The second kappa shape index (κ2) is 15.9. The summed E-state index contributed by atoms with van der Waals surface area (Å²) in [5, 5.41) is 6.76. The molecule has 0 aromatic heterocycles. The van der Waals surface area contributed by atoms with Gasteiger partial charge in [-0.3, -0.25) is 0 Å². The monoisotopic (exact) mass is 437 g/mol. The quantitative estimate of drug-likeness (QED) is 0.232. The molecule has 0 aromatic carbocycles. The van der Waals surface area contributed by atoms with Crippen molar-refractivity contribution in [2.24, 2.45) is 0 Å². The Morgan fingerprint density at radius 2 is 1.03 bits per heavy atom. The van der Waals surface area contributed by atoms with E-state index in [9.17, 15) is 4.79 Å². The normalized spacial score (nSPS) is 17.6. The molecule has 4 heteroatoms. The molecule has 0 aromatic rings. The van der Waals surface area contributed by atoms with Crippen molar-refractivity contribution in [1.29, 1.82) is 0 Å². The number of carbonyl (C=O) groups excluding carboxylic acids is 1. The van der Waals surface area contributed by atoms with Gasteiger partial charge in [-0.1, -0.05) is 103 Å². The lowest BCUT2D eigenvalue weighted by Crippen LogP contribution is -2.68. The highest BCUT2D eigenvalue weighted by molar-refractivity contribution is 5.74. The van der Waals surface area contributed by atoms with Crippen molar-refractivity contribution >= 4 is 6.03 Å². The molecule has 1 aliphatic heterocycles. The van der Waals surface area contributed by atoms with Gasteiger partial charge in [-0.25, -0.2) is 4.79 Å². The summed E-state index contributed by atoms with van der Waals surface area (Å²) < 4.78 is 0. The van der Waals surface area contributed by atoms with E-state index in [0.717, 1.165) is 26.1 Å². The maximum absolute atomic E-state index is 12.5. The molecule has 4 nitrogen and oxygen atoms in total. The molecule has 0 atom stereocenters. The minimum absolute atomic E-state index is 0.0344. The lowest BCUT2D eigenvalue weighted by atomic mass is 9.92. The van der Waals surface area contributed by atoms with E-state index < -0.39 is 0 Å². The van der Waals surface area contributed by atoms with Gasteiger partial charge in [0.1, 0.15) is 0 Å². The number of carbonyl (C=O) groups is 1. The zero-order valence-electron chi connectivity index (χ0n) is 21.8. The maximum Gasteiger partial charge on any atom is 0.317 e. The molecule has 1 rings (SSSR count). The summed E-state index contributed by atoms with van der Waals surface area (Å²) >= 11 is 0. The molecule has 31 heavy (non-hydrogen) atoms. The number of hydrogen-bond donors (Lipinski definition) is 2. The number of rotatable bonds is 17. The summed E-state index contributed by atoms with van der Waals surface area (Å²) in [5.41, 5.74) is -0.0688. The number of piperazine rings is 1. The fourth-order valence-corrected chi connectivity index (χ4v) is 5.13. The van der Waals surface area contributed by atoms with Gasteiger partial charge in [-0.15, -0.1) is 0 Å². The second-order valence-corrected chi connectivity index (χ2v) is 11.3. The van der Waals surface area contributed by atoms with E-state index in [4.69, 9.17) is 0 Å². The van der Waals surface area contributed by atoms with Gasteiger partial charge in [0.2, 0.25) is 0 Å². The Kier molecular flexibility index (Phi) is 14.5. The largest absolute Gasteiger partial charge is 0.338 e. The van der Waals surface area contributed by atoms with Gasteiger partial charge >= 0.3 is 6.03 Å². The molecule has 0 radical (unpaired) electrons. The molecule has 1 heterocycles. The van der Waals surface area contributed by atoms with E-state index in [0.29, 0.717) is 0 Å². The number of nitrogens with zero attached hydrogens (tertiary/aromatic N) is 1. The van der Waals surface area contributed by atoms with Gasteiger partial charge < -0.3 is 15.5 Å². The maximum atomic E-state index is 12.5. The summed E-state index contributed by atoms with van der Waals surface area (Å²) in [5.74, 6) is 0. The van der Waals surface area contributed by atoms with Crippen molar-refractivity contribution in [2.75, 3.05) is 19.6 Å². The van der Waals surface area contributed by atoms with E-state index in [-0.39, 0.29) is 17.1 Å². The summed E-state index contributed by atoms with van der Waals surface area (Å²) in [6.07, 6.45) is 22.1. The molecule has 1 saturated heterocycles. The van der Waals surface area contributed by atoms with Gasteiger partial charge in [-0.05, 0) is 34.1 Å². The highest BCUT2D eigenvalue weighted by Crippen LogP contribution is 2.20. The summed E-state index contributed by atoms with van der Waals surface area (Å²) in [6.45, 7) is 13.3. The Morgan fingerprint density at radius 3 is 1.42 bits per heavy atom. The number of amides is 2. The number of nitrogens with one attached hydrogen (secondary N) is 2. The lowest BCUT2D eigenvalue weighted by Gasteiger charge is -2.48. The highest BCUT2D eigenvalue weighted by atomic mass is 16.2. The molecule has 2 amide bonds. The number of hydrogen-bond acceptors (Lipinski definition) is 2. The summed E-state index contributed by atoms with van der Waals surface area (Å²) in [7, 11) is 0. The third kappa shape index (κ3) is 14.8. The highest BCUT2D eigenvalue weighted by Gasteiger charge is 2.38. The van der Waals surface area contributed by atoms with Crippen LogP contribution in [0.5, 0.6) is 0 Å². The van der Waals surface area contributed by atoms with Gasteiger partial charge in [0.15, 0.2) is 0 Å². The van der Waals surface area contributed by atoms with Crippen molar-refractivity contribution in [3.05, 3.63) is 0 Å². The smallest absolute Gasteiger partial charge is 0.317 e. The Hall–Kier alpha value is -0.770. The predicted molar refractivity (Wildman–Crippen MR) is 136 cm³/mol. The van der Waals surface area contributed by atoms with Crippen molar-refractivity contribution in [3.63, 3.8) is 0 Å². The van der Waals surface area contributed by atoms with Crippen LogP contribution in [0.25, 0.3) is 0 Å².